The highest BCUT2D eigenvalue weighted by atomic mass is 32.2. The summed E-state index contributed by atoms with van der Waals surface area (Å²) in [7, 11) is -3.46. The monoisotopic (exact) mass is 326 g/mol. The maximum absolute atomic E-state index is 12.4. The number of hydrogen-bond acceptors (Lipinski definition) is 3. The number of sulfonamides is 1. The number of benzene rings is 1. The van der Waals surface area contributed by atoms with Gasteiger partial charge in [0.2, 0.25) is 10.0 Å². The summed E-state index contributed by atoms with van der Waals surface area (Å²) in [5, 5.41) is 0. The van der Waals surface area contributed by atoms with Gasteiger partial charge in [0.1, 0.15) is 0 Å². The first-order valence-electron chi connectivity index (χ1n) is 7.19. The van der Waals surface area contributed by atoms with Gasteiger partial charge in [-0.05, 0) is 42.4 Å². The molecule has 1 aliphatic carbocycles. The van der Waals surface area contributed by atoms with Crippen molar-refractivity contribution in [3.63, 3.8) is 0 Å². The van der Waals surface area contributed by atoms with E-state index in [1.54, 1.807) is 24.3 Å². The van der Waals surface area contributed by atoms with E-state index in [0.717, 1.165) is 18.4 Å². The predicted molar refractivity (Wildman–Crippen MR) is 88.6 cm³/mol. The van der Waals surface area contributed by atoms with Gasteiger partial charge in [-0.3, -0.25) is 0 Å². The average molecular weight is 326 g/mol. The molecule has 3 unspecified atom stereocenters. The molecule has 0 heterocycles. The molecular weight excluding hydrogens is 304 g/mol. The van der Waals surface area contributed by atoms with Crippen molar-refractivity contribution in [1.29, 1.82) is 0 Å². The van der Waals surface area contributed by atoms with Crippen LogP contribution in [0.1, 0.15) is 32.3 Å². The molecule has 2 rings (SSSR count). The Bertz CT molecular complexity index is 611. The van der Waals surface area contributed by atoms with Crippen molar-refractivity contribution < 1.29 is 8.42 Å². The summed E-state index contributed by atoms with van der Waals surface area (Å²) in [6.45, 7) is 4.28. The molecule has 1 aromatic carbocycles. The van der Waals surface area contributed by atoms with E-state index in [4.69, 9.17) is 18.0 Å². The minimum Gasteiger partial charge on any atom is -0.393 e. The third-order valence-corrected chi connectivity index (χ3v) is 6.03. The van der Waals surface area contributed by atoms with E-state index in [-0.39, 0.29) is 6.04 Å². The molecule has 4 nitrogen and oxygen atoms in total. The van der Waals surface area contributed by atoms with Gasteiger partial charge in [0.15, 0.2) is 0 Å². The lowest BCUT2D eigenvalue weighted by Crippen LogP contribution is -2.37. The van der Waals surface area contributed by atoms with Crippen LogP contribution in [0.25, 0.3) is 0 Å². The van der Waals surface area contributed by atoms with E-state index < -0.39 is 10.0 Å². The smallest absolute Gasteiger partial charge is 0.240 e. The lowest BCUT2D eigenvalue weighted by atomic mass is 9.98. The van der Waals surface area contributed by atoms with Crippen molar-refractivity contribution in [3.05, 3.63) is 29.8 Å². The molecular formula is C15H22N2O2S2. The largest absolute Gasteiger partial charge is 0.393 e. The Hall–Kier alpha value is -0.980. The third kappa shape index (κ3) is 4.02. The van der Waals surface area contributed by atoms with E-state index in [1.165, 1.54) is 0 Å². The summed E-state index contributed by atoms with van der Waals surface area (Å²) < 4.78 is 27.7. The molecule has 3 atom stereocenters. The van der Waals surface area contributed by atoms with Crippen molar-refractivity contribution in [3.8, 4) is 0 Å². The van der Waals surface area contributed by atoms with Crippen LogP contribution in [0, 0.1) is 11.8 Å². The maximum atomic E-state index is 12.4. The highest BCUT2D eigenvalue weighted by Crippen LogP contribution is 2.32. The number of thiocarbonyl (C=S) groups is 1. The molecule has 0 bridgehead atoms. The molecule has 0 saturated heterocycles. The summed E-state index contributed by atoms with van der Waals surface area (Å²) in [5.41, 5.74) is 6.41. The van der Waals surface area contributed by atoms with Crippen LogP contribution >= 0.6 is 12.2 Å². The normalized spacial score (nSPS) is 25.9. The van der Waals surface area contributed by atoms with Gasteiger partial charge in [-0.2, -0.15) is 0 Å². The van der Waals surface area contributed by atoms with E-state index in [9.17, 15) is 8.42 Å². The second kappa shape index (κ2) is 6.42. The molecule has 1 fully saturated rings. The van der Waals surface area contributed by atoms with Crippen molar-refractivity contribution in [2.75, 3.05) is 0 Å². The predicted octanol–water partition coefficient (Wildman–Crippen LogP) is 2.23. The summed E-state index contributed by atoms with van der Waals surface area (Å²) in [4.78, 5) is 0.693. The van der Waals surface area contributed by atoms with Crippen molar-refractivity contribution >= 4 is 27.2 Å². The van der Waals surface area contributed by atoms with Crippen LogP contribution in [0.15, 0.2) is 29.2 Å². The Labute approximate surface area is 132 Å². The quantitative estimate of drug-likeness (QED) is 0.814. The minimum atomic E-state index is -3.46. The van der Waals surface area contributed by atoms with Gasteiger partial charge < -0.3 is 5.73 Å². The first-order valence-corrected chi connectivity index (χ1v) is 9.08. The van der Waals surface area contributed by atoms with Crippen LogP contribution in [-0.2, 0) is 16.4 Å². The molecule has 21 heavy (non-hydrogen) atoms. The van der Waals surface area contributed by atoms with E-state index in [1.807, 2.05) is 0 Å². The van der Waals surface area contributed by atoms with Gasteiger partial charge in [-0.25, -0.2) is 13.1 Å². The molecule has 0 spiro atoms. The second-order valence-corrected chi connectivity index (χ2v) is 8.17. The van der Waals surface area contributed by atoms with Crippen LogP contribution in [0.3, 0.4) is 0 Å². The molecule has 116 valence electrons. The maximum Gasteiger partial charge on any atom is 0.240 e. The van der Waals surface area contributed by atoms with E-state index in [0.29, 0.717) is 28.1 Å². The van der Waals surface area contributed by atoms with E-state index in [2.05, 4.69) is 18.6 Å². The Kier molecular flexibility index (Phi) is 5.01. The zero-order valence-corrected chi connectivity index (χ0v) is 14.0. The van der Waals surface area contributed by atoms with Gasteiger partial charge >= 0.3 is 0 Å². The van der Waals surface area contributed by atoms with Crippen LogP contribution in [0.2, 0.25) is 0 Å². The first-order chi connectivity index (χ1) is 9.79. The molecule has 1 aliphatic rings. The molecule has 0 aromatic heterocycles. The SMILES string of the molecule is CC1CCC(NS(=O)(=O)c2ccc(CC(N)=S)cc2)C1C. The lowest BCUT2D eigenvalue weighted by molar-refractivity contribution is 0.402. The Balaban J connectivity index is 2.11. The summed E-state index contributed by atoms with van der Waals surface area (Å²) in [6, 6.07) is 6.77. The topological polar surface area (TPSA) is 72.2 Å². The van der Waals surface area contributed by atoms with Gasteiger partial charge in [-0.15, -0.1) is 0 Å². The fraction of sp³-hybridized carbons (Fsp3) is 0.533. The molecule has 0 radical (unpaired) electrons. The fourth-order valence-electron chi connectivity index (χ4n) is 2.79. The Morgan fingerprint density at radius 2 is 1.90 bits per heavy atom. The Morgan fingerprint density at radius 1 is 1.29 bits per heavy atom. The Morgan fingerprint density at radius 3 is 2.38 bits per heavy atom. The van der Waals surface area contributed by atoms with Gasteiger partial charge in [0.25, 0.3) is 0 Å². The zero-order valence-electron chi connectivity index (χ0n) is 12.4. The highest BCUT2D eigenvalue weighted by Gasteiger charge is 2.32. The van der Waals surface area contributed by atoms with Gasteiger partial charge in [0.05, 0.1) is 9.88 Å². The standard InChI is InChI=1S/C15H22N2O2S2/c1-10-3-8-14(11(10)2)17-21(18,19)13-6-4-12(5-7-13)9-15(16)20/h4-7,10-11,14,17H,3,8-9H2,1-2H3,(H2,16,20). The number of nitrogens with two attached hydrogens (primary N) is 1. The molecule has 1 aromatic rings. The van der Waals surface area contributed by atoms with Gasteiger partial charge in [0, 0.05) is 12.5 Å². The number of nitrogens with one attached hydrogen (secondary N) is 1. The second-order valence-electron chi connectivity index (χ2n) is 5.93. The summed E-state index contributed by atoms with van der Waals surface area (Å²) in [5.74, 6) is 0.930. The van der Waals surface area contributed by atoms with Crippen molar-refractivity contribution in [2.45, 2.75) is 44.0 Å². The van der Waals surface area contributed by atoms with Crippen LogP contribution in [0.4, 0.5) is 0 Å². The van der Waals surface area contributed by atoms with Crippen LogP contribution in [-0.4, -0.2) is 19.4 Å². The minimum absolute atomic E-state index is 0.0290. The van der Waals surface area contributed by atoms with Crippen molar-refractivity contribution in [2.24, 2.45) is 17.6 Å². The van der Waals surface area contributed by atoms with Crippen LogP contribution in [0.5, 0.6) is 0 Å². The molecule has 0 aliphatic heterocycles. The van der Waals surface area contributed by atoms with Crippen LogP contribution < -0.4 is 10.5 Å². The number of rotatable bonds is 5. The molecule has 6 heteroatoms. The first kappa shape index (κ1) is 16.4. The molecule has 0 amide bonds. The zero-order chi connectivity index (χ0) is 15.6. The summed E-state index contributed by atoms with van der Waals surface area (Å²) >= 11 is 4.85. The molecule has 1 saturated carbocycles. The van der Waals surface area contributed by atoms with Gasteiger partial charge in [-0.1, -0.05) is 38.2 Å². The highest BCUT2D eigenvalue weighted by molar-refractivity contribution is 7.89. The molecule has 3 N–H and O–H groups in total. The van der Waals surface area contributed by atoms with Crippen molar-refractivity contribution in [1.82, 2.24) is 4.72 Å². The fourth-order valence-corrected chi connectivity index (χ4v) is 4.31. The number of hydrogen-bond donors (Lipinski definition) is 2. The van der Waals surface area contributed by atoms with E-state index >= 15 is 0 Å². The lowest BCUT2D eigenvalue weighted by Gasteiger charge is -2.19. The summed E-state index contributed by atoms with van der Waals surface area (Å²) in [6.07, 6.45) is 2.46. The average Bonchev–Trinajstić information content (AvgIpc) is 2.70. The third-order valence-electron chi connectivity index (χ3n) is 4.38.